The summed E-state index contributed by atoms with van der Waals surface area (Å²) in [7, 11) is 0. The van der Waals surface area contributed by atoms with Crippen LogP contribution in [0.5, 0.6) is 0 Å². The molecule has 130 valence electrons. The molecule has 0 aromatic heterocycles. The Bertz CT molecular complexity index is 532. The van der Waals surface area contributed by atoms with Gasteiger partial charge in [-0.25, -0.2) is 0 Å². The van der Waals surface area contributed by atoms with Crippen LogP contribution in [0.2, 0.25) is 0 Å². The molecule has 2 aliphatic heterocycles. The SMILES string of the molecule is C=CCN1CCN(C(=O)CN2CCN(c3ccccc3)CC2)CC1. The second-order valence-corrected chi connectivity index (χ2v) is 6.57. The van der Waals surface area contributed by atoms with Crippen molar-refractivity contribution < 1.29 is 4.79 Å². The number of amides is 1. The number of hydrogen-bond donors (Lipinski definition) is 0. The number of nitrogens with zero attached hydrogens (tertiary/aromatic N) is 4. The zero-order valence-corrected chi connectivity index (χ0v) is 14.4. The summed E-state index contributed by atoms with van der Waals surface area (Å²) in [6.07, 6.45) is 1.93. The molecular weight excluding hydrogens is 300 g/mol. The summed E-state index contributed by atoms with van der Waals surface area (Å²) in [4.78, 5) is 21.6. The fourth-order valence-corrected chi connectivity index (χ4v) is 3.46. The molecule has 24 heavy (non-hydrogen) atoms. The van der Waals surface area contributed by atoms with Crippen molar-refractivity contribution in [3.8, 4) is 0 Å². The molecule has 0 radical (unpaired) electrons. The predicted molar refractivity (Wildman–Crippen MR) is 98.3 cm³/mol. The summed E-state index contributed by atoms with van der Waals surface area (Å²) in [6, 6.07) is 10.5. The van der Waals surface area contributed by atoms with Gasteiger partial charge >= 0.3 is 0 Å². The van der Waals surface area contributed by atoms with Gasteiger partial charge < -0.3 is 9.80 Å². The van der Waals surface area contributed by atoms with Gasteiger partial charge in [0.2, 0.25) is 5.91 Å². The molecule has 2 fully saturated rings. The van der Waals surface area contributed by atoms with E-state index in [1.54, 1.807) is 0 Å². The molecule has 0 unspecified atom stereocenters. The number of carbonyl (C=O) groups excluding carboxylic acids is 1. The zero-order chi connectivity index (χ0) is 16.8. The lowest BCUT2D eigenvalue weighted by Gasteiger charge is -2.38. The standard InChI is InChI=1S/C19H28N4O/c1-2-8-20-9-15-23(16-10-20)19(24)17-21-11-13-22(14-12-21)18-6-4-3-5-7-18/h2-7H,1,8-17H2. The van der Waals surface area contributed by atoms with Crippen molar-refractivity contribution in [2.24, 2.45) is 0 Å². The van der Waals surface area contributed by atoms with Gasteiger partial charge in [-0.15, -0.1) is 6.58 Å². The molecule has 0 N–H and O–H groups in total. The quantitative estimate of drug-likeness (QED) is 0.758. The van der Waals surface area contributed by atoms with Crippen LogP contribution in [-0.4, -0.2) is 86.1 Å². The molecule has 1 aromatic rings. The average molecular weight is 328 g/mol. The Morgan fingerprint density at radius 1 is 0.917 bits per heavy atom. The van der Waals surface area contributed by atoms with E-state index < -0.39 is 0 Å². The van der Waals surface area contributed by atoms with Gasteiger partial charge in [-0.1, -0.05) is 24.3 Å². The van der Waals surface area contributed by atoms with Crippen LogP contribution in [0.25, 0.3) is 0 Å². The Kier molecular flexibility index (Phi) is 5.88. The number of rotatable bonds is 5. The maximum absolute atomic E-state index is 12.5. The highest BCUT2D eigenvalue weighted by Crippen LogP contribution is 2.15. The van der Waals surface area contributed by atoms with Crippen LogP contribution >= 0.6 is 0 Å². The predicted octanol–water partition coefficient (Wildman–Crippen LogP) is 1.14. The molecule has 0 atom stereocenters. The monoisotopic (exact) mass is 328 g/mol. The third kappa shape index (κ3) is 4.36. The molecule has 3 rings (SSSR count). The van der Waals surface area contributed by atoms with E-state index in [-0.39, 0.29) is 5.91 Å². The van der Waals surface area contributed by atoms with Crippen molar-refractivity contribution in [3.63, 3.8) is 0 Å². The fourth-order valence-electron chi connectivity index (χ4n) is 3.46. The molecule has 2 heterocycles. The Morgan fingerprint density at radius 3 is 2.17 bits per heavy atom. The first kappa shape index (κ1) is 17.0. The lowest BCUT2D eigenvalue weighted by Crippen LogP contribution is -2.53. The van der Waals surface area contributed by atoms with Gasteiger partial charge in [-0.2, -0.15) is 0 Å². The number of anilines is 1. The van der Waals surface area contributed by atoms with E-state index in [0.29, 0.717) is 6.54 Å². The second kappa shape index (κ2) is 8.31. The van der Waals surface area contributed by atoms with Gasteiger partial charge in [0.15, 0.2) is 0 Å². The zero-order valence-electron chi connectivity index (χ0n) is 14.4. The van der Waals surface area contributed by atoms with Gasteiger partial charge in [0.25, 0.3) is 0 Å². The normalized spacial score (nSPS) is 20.2. The van der Waals surface area contributed by atoms with Crippen LogP contribution in [0.1, 0.15) is 0 Å². The topological polar surface area (TPSA) is 30.0 Å². The summed E-state index contributed by atoms with van der Waals surface area (Å²) in [6.45, 7) is 12.8. The van der Waals surface area contributed by atoms with E-state index in [1.165, 1.54) is 5.69 Å². The molecular formula is C19H28N4O. The third-order valence-corrected chi connectivity index (χ3v) is 4.96. The summed E-state index contributed by atoms with van der Waals surface area (Å²) >= 11 is 0. The van der Waals surface area contributed by atoms with Crippen LogP contribution in [0.4, 0.5) is 5.69 Å². The van der Waals surface area contributed by atoms with Gasteiger partial charge in [-0.05, 0) is 12.1 Å². The molecule has 1 amide bonds. The number of carbonyl (C=O) groups is 1. The van der Waals surface area contributed by atoms with E-state index in [0.717, 1.165) is 58.9 Å². The minimum absolute atomic E-state index is 0.279. The lowest BCUT2D eigenvalue weighted by atomic mass is 10.2. The minimum atomic E-state index is 0.279. The van der Waals surface area contributed by atoms with Gasteiger partial charge in [-0.3, -0.25) is 14.6 Å². The largest absolute Gasteiger partial charge is 0.369 e. The Morgan fingerprint density at radius 2 is 1.54 bits per heavy atom. The Labute approximate surface area is 145 Å². The summed E-state index contributed by atoms with van der Waals surface area (Å²) < 4.78 is 0. The maximum atomic E-state index is 12.5. The minimum Gasteiger partial charge on any atom is -0.369 e. The number of hydrogen-bond acceptors (Lipinski definition) is 4. The second-order valence-electron chi connectivity index (χ2n) is 6.57. The summed E-state index contributed by atoms with van der Waals surface area (Å²) in [5.74, 6) is 0.279. The van der Waals surface area contributed by atoms with Crippen molar-refractivity contribution in [2.75, 3.05) is 70.3 Å². The molecule has 0 bridgehead atoms. The number of benzene rings is 1. The molecule has 2 aliphatic rings. The van der Waals surface area contributed by atoms with E-state index in [2.05, 4.69) is 45.5 Å². The first-order valence-electron chi connectivity index (χ1n) is 8.89. The van der Waals surface area contributed by atoms with Crippen LogP contribution in [0, 0.1) is 0 Å². The van der Waals surface area contributed by atoms with Crippen molar-refractivity contribution in [2.45, 2.75) is 0 Å². The molecule has 0 saturated carbocycles. The van der Waals surface area contributed by atoms with Crippen LogP contribution < -0.4 is 4.90 Å². The number of piperazine rings is 2. The summed E-state index contributed by atoms with van der Waals surface area (Å²) in [5, 5.41) is 0. The average Bonchev–Trinajstić information content (AvgIpc) is 2.64. The van der Waals surface area contributed by atoms with Crippen molar-refractivity contribution in [1.29, 1.82) is 0 Å². The van der Waals surface area contributed by atoms with E-state index >= 15 is 0 Å². The van der Waals surface area contributed by atoms with Crippen LogP contribution in [0.15, 0.2) is 43.0 Å². The van der Waals surface area contributed by atoms with Gasteiger partial charge in [0.05, 0.1) is 6.54 Å². The summed E-state index contributed by atoms with van der Waals surface area (Å²) in [5.41, 5.74) is 1.28. The molecule has 2 saturated heterocycles. The van der Waals surface area contributed by atoms with E-state index in [1.807, 2.05) is 17.0 Å². The van der Waals surface area contributed by atoms with Crippen molar-refractivity contribution in [3.05, 3.63) is 43.0 Å². The van der Waals surface area contributed by atoms with Crippen LogP contribution in [0.3, 0.4) is 0 Å². The Hall–Kier alpha value is -1.85. The van der Waals surface area contributed by atoms with E-state index in [9.17, 15) is 4.79 Å². The van der Waals surface area contributed by atoms with Crippen molar-refractivity contribution in [1.82, 2.24) is 14.7 Å². The molecule has 0 spiro atoms. The first-order valence-corrected chi connectivity index (χ1v) is 8.89. The highest BCUT2D eigenvalue weighted by atomic mass is 16.2. The highest BCUT2D eigenvalue weighted by Gasteiger charge is 2.24. The highest BCUT2D eigenvalue weighted by molar-refractivity contribution is 5.78. The fraction of sp³-hybridized carbons (Fsp3) is 0.526. The number of para-hydroxylation sites is 1. The molecule has 5 nitrogen and oxygen atoms in total. The van der Waals surface area contributed by atoms with Crippen LogP contribution in [-0.2, 0) is 4.79 Å². The lowest BCUT2D eigenvalue weighted by molar-refractivity contribution is -0.134. The Balaban J connectivity index is 1.41. The van der Waals surface area contributed by atoms with Crippen molar-refractivity contribution >= 4 is 11.6 Å². The first-order chi connectivity index (χ1) is 11.8. The van der Waals surface area contributed by atoms with Gasteiger partial charge in [0, 0.05) is 64.6 Å². The molecule has 5 heteroatoms. The molecule has 0 aliphatic carbocycles. The molecule has 1 aromatic carbocycles. The maximum Gasteiger partial charge on any atom is 0.236 e. The van der Waals surface area contributed by atoms with Gasteiger partial charge in [0.1, 0.15) is 0 Å². The smallest absolute Gasteiger partial charge is 0.236 e. The third-order valence-electron chi connectivity index (χ3n) is 4.96. The van der Waals surface area contributed by atoms with E-state index in [4.69, 9.17) is 0 Å².